The Bertz CT molecular complexity index is 281. The quantitative estimate of drug-likeness (QED) is 0.682. The second-order valence-electron chi connectivity index (χ2n) is 3.61. The van der Waals surface area contributed by atoms with Gasteiger partial charge in [-0.1, -0.05) is 12.1 Å². The summed E-state index contributed by atoms with van der Waals surface area (Å²) in [6, 6.07) is 8.60. The van der Waals surface area contributed by atoms with Gasteiger partial charge in [0.1, 0.15) is 0 Å². The van der Waals surface area contributed by atoms with Crippen LogP contribution < -0.4 is 4.90 Å². The van der Waals surface area contributed by atoms with Crippen LogP contribution in [0.5, 0.6) is 0 Å². The highest BCUT2D eigenvalue weighted by atomic mass is 15.1. The molecular formula is C13H14N. The monoisotopic (exact) mass is 184 g/mol. The Morgan fingerprint density at radius 1 is 0.857 bits per heavy atom. The summed E-state index contributed by atoms with van der Waals surface area (Å²) in [5.41, 5.74) is 2.51. The minimum Gasteiger partial charge on any atom is -0.378 e. The van der Waals surface area contributed by atoms with Crippen molar-refractivity contribution in [2.75, 3.05) is 19.0 Å². The molecule has 71 valence electrons. The van der Waals surface area contributed by atoms with Gasteiger partial charge in [-0.25, -0.2) is 0 Å². The molecule has 5 radical (unpaired) electrons. The molecule has 0 bridgehead atoms. The van der Waals surface area contributed by atoms with Crippen molar-refractivity contribution < 1.29 is 0 Å². The third-order valence-corrected chi connectivity index (χ3v) is 2.38. The predicted octanol–water partition coefficient (Wildman–Crippen LogP) is 2.51. The van der Waals surface area contributed by atoms with E-state index >= 15 is 0 Å². The molecule has 1 heteroatoms. The molecule has 1 aromatic carbocycles. The van der Waals surface area contributed by atoms with Gasteiger partial charge in [0.25, 0.3) is 0 Å². The molecule has 0 spiro atoms. The average molecular weight is 184 g/mol. The lowest BCUT2D eigenvalue weighted by Crippen LogP contribution is -2.08. The van der Waals surface area contributed by atoms with Crippen molar-refractivity contribution in [3.8, 4) is 0 Å². The number of hydrogen-bond acceptors (Lipinski definition) is 1. The minimum atomic E-state index is 1.24. The second kappa shape index (κ2) is 4.04. The third-order valence-electron chi connectivity index (χ3n) is 2.38. The van der Waals surface area contributed by atoms with Gasteiger partial charge in [-0.2, -0.15) is 0 Å². The molecule has 1 aromatic rings. The van der Waals surface area contributed by atoms with Crippen molar-refractivity contribution in [3.63, 3.8) is 0 Å². The highest BCUT2D eigenvalue weighted by molar-refractivity contribution is 5.54. The standard InChI is InChI=1S/C13H14N/c1-14(2)13-9-7-12(8-10-13)11-5-3-4-6-11/h3-10H,1-2H3. The maximum Gasteiger partial charge on any atom is 0.0361 e. The van der Waals surface area contributed by atoms with Gasteiger partial charge in [-0.15, -0.1) is 0 Å². The van der Waals surface area contributed by atoms with Gasteiger partial charge >= 0.3 is 0 Å². The van der Waals surface area contributed by atoms with Gasteiger partial charge in [0, 0.05) is 25.7 Å². The Hall–Kier alpha value is -0.980. The zero-order valence-corrected chi connectivity index (χ0v) is 8.57. The molecule has 0 unspecified atom stereocenters. The van der Waals surface area contributed by atoms with Crippen LogP contribution in [0.15, 0.2) is 24.3 Å². The summed E-state index contributed by atoms with van der Waals surface area (Å²) in [6.45, 7) is 0. The van der Waals surface area contributed by atoms with E-state index in [4.69, 9.17) is 0 Å². The SMILES string of the molecule is CN(C)c1ccc([C]2[CH][CH][CH][CH]2)cc1. The second-order valence-corrected chi connectivity index (χ2v) is 3.61. The van der Waals surface area contributed by atoms with Crippen LogP contribution in [0, 0.1) is 31.6 Å². The van der Waals surface area contributed by atoms with Crippen LogP contribution in [-0.4, -0.2) is 14.1 Å². The van der Waals surface area contributed by atoms with Gasteiger partial charge in [0.15, 0.2) is 0 Å². The summed E-state index contributed by atoms with van der Waals surface area (Å²) < 4.78 is 0. The van der Waals surface area contributed by atoms with Crippen molar-refractivity contribution in [3.05, 3.63) is 61.4 Å². The molecule has 0 N–H and O–H groups in total. The predicted molar refractivity (Wildman–Crippen MR) is 60.3 cm³/mol. The molecular weight excluding hydrogens is 170 g/mol. The van der Waals surface area contributed by atoms with Crippen LogP contribution >= 0.6 is 0 Å². The van der Waals surface area contributed by atoms with E-state index in [-0.39, 0.29) is 0 Å². The van der Waals surface area contributed by atoms with Gasteiger partial charge in [0.2, 0.25) is 0 Å². The van der Waals surface area contributed by atoms with E-state index in [2.05, 4.69) is 68.9 Å². The zero-order valence-electron chi connectivity index (χ0n) is 8.57. The number of benzene rings is 1. The van der Waals surface area contributed by atoms with Crippen LogP contribution in [0.4, 0.5) is 5.69 Å². The molecule has 0 atom stereocenters. The maximum atomic E-state index is 2.16. The van der Waals surface area contributed by atoms with Gasteiger partial charge < -0.3 is 4.90 Å². The molecule has 14 heavy (non-hydrogen) atoms. The van der Waals surface area contributed by atoms with Crippen molar-refractivity contribution in [2.45, 2.75) is 0 Å². The first-order valence-corrected chi connectivity index (χ1v) is 4.77. The summed E-state index contributed by atoms with van der Waals surface area (Å²) in [6.07, 6.45) is 8.39. The van der Waals surface area contributed by atoms with Crippen molar-refractivity contribution in [2.24, 2.45) is 0 Å². The van der Waals surface area contributed by atoms with E-state index < -0.39 is 0 Å². The van der Waals surface area contributed by atoms with Crippen molar-refractivity contribution in [1.29, 1.82) is 0 Å². The largest absolute Gasteiger partial charge is 0.378 e. The smallest absolute Gasteiger partial charge is 0.0361 e. The van der Waals surface area contributed by atoms with Crippen LogP contribution in [0.1, 0.15) is 5.56 Å². The Balaban J connectivity index is 2.12. The first-order valence-electron chi connectivity index (χ1n) is 4.77. The molecule has 0 saturated heterocycles. The van der Waals surface area contributed by atoms with E-state index in [0.717, 1.165) is 0 Å². The van der Waals surface area contributed by atoms with E-state index in [1.165, 1.54) is 17.2 Å². The van der Waals surface area contributed by atoms with Gasteiger partial charge in [-0.05, 0) is 43.4 Å². The first-order chi connectivity index (χ1) is 6.77. The van der Waals surface area contributed by atoms with Crippen LogP contribution in [0.3, 0.4) is 0 Å². The number of rotatable bonds is 2. The summed E-state index contributed by atoms with van der Waals surface area (Å²) in [7, 11) is 4.11. The molecule has 1 aliphatic rings. The number of nitrogens with zero attached hydrogens (tertiary/aromatic N) is 1. The normalized spacial score (nSPS) is 17.3. The Kier molecular flexibility index (Phi) is 2.76. The fraction of sp³-hybridized carbons (Fsp3) is 0.154. The highest BCUT2D eigenvalue weighted by Crippen LogP contribution is 2.30. The average Bonchev–Trinajstić information content (AvgIpc) is 2.71. The third kappa shape index (κ3) is 1.92. The summed E-state index contributed by atoms with van der Waals surface area (Å²) >= 11 is 0. The Morgan fingerprint density at radius 3 is 1.93 bits per heavy atom. The fourth-order valence-corrected chi connectivity index (χ4v) is 1.52. The summed E-state index contributed by atoms with van der Waals surface area (Å²) in [5, 5.41) is 0. The zero-order chi connectivity index (χ0) is 9.97. The Morgan fingerprint density at radius 2 is 1.43 bits per heavy atom. The van der Waals surface area contributed by atoms with E-state index in [1.807, 2.05) is 0 Å². The van der Waals surface area contributed by atoms with Crippen molar-refractivity contribution in [1.82, 2.24) is 0 Å². The van der Waals surface area contributed by atoms with Crippen LogP contribution in [-0.2, 0) is 0 Å². The lowest BCUT2D eigenvalue weighted by molar-refractivity contribution is 1.13. The fourth-order valence-electron chi connectivity index (χ4n) is 1.52. The molecule has 0 amide bonds. The van der Waals surface area contributed by atoms with Gasteiger partial charge in [0.05, 0.1) is 0 Å². The number of hydrogen-bond donors (Lipinski definition) is 0. The molecule has 1 fully saturated rings. The molecule has 1 saturated carbocycles. The van der Waals surface area contributed by atoms with Crippen molar-refractivity contribution >= 4 is 5.69 Å². The van der Waals surface area contributed by atoms with E-state index in [0.29, 0.717) is 0 Å². The highest BCUT2D eigenvalue weighted by Gasteiger charge is 2.18. The maximum absolute atomic E-state index is 2.16. The molecule has 0 aromatic heterocycles. The lowest BCUT2D eigenvalue weighted by Gasteiger charge is -2.14. The number of anilines is 1. The lowest BCUT2D eigenvalue weighted by atomic mass is 9.97. The van der Waals surface area contributed by atoms with Crippen LogP contribution in [0.2, 0.25) is 0 Å². The molecule has 2 rings (SSSR count). The minimum absolute atomic E-state index is 1.24. The van der Waals surface area contributed by atoms with Gasteiger partial charge in [-0.3, -0.25) is 0 Å². The molecule has 0 heterocycles. The Labute approximate surface area is 86.7 Å². The first kappa shape index (κ1) is 9.57. The van der Waals surface area contributed by atoms with Crippen LogP contribution in [0.25, 0.3) is 0 Å². The summed E-state index contributed by atoms with van der Waals surface area (Å²) in [4.78, 5) is 2.11. The molecule has 1 nitrogen and oxygen atoms in total. The summed E-state index contributed by atoms with van der Waals surface area (Å²) in [5.74, 6) is 1.29. The molecule has 1 aliphatic carbocycles. The topological polar surface area (TPSA) is 3.24 Å². The van der Waals surface area contributed by atoms with E-state index in [1.54, 1.807) is 0 Å². The molecule has 0 aliphatic heterocycles. The van der Waals surface area contributed by atoms with E-state index in [9.17, 15) is 0 Å².